The lowest BCUT2D eigenvalue weighted by molar-refractivity contribution is -0.142. The molecule has 1 heterocycles. The first-order valence-corrected chi connectivity index (χ1v) is 6.98. The molecule has 0 saturated heterocycles. The van der Waals surface area contributed by atoms with Crippen LogP contribution in [0.15, 0.2) is 36.5 Å². The van der Waals surface area contributed by atoms with E-state index in [1.54, 1.807) is 0 Å². The Morgan fingerprint density at radius 3 is 2.80 bits per heavy atom. The minimum absolute atomic E-state index is 0.0287. The van der Waals surface area contributed by atoms with E-state index in [0.717, 1.165) is 0 Å². The molecule has 0 spiro atoms. The smallest absolute Gasteiger partial charge is 0.330 e. The molecule has 20 heavy (non-hydrogen) atoms. The van der Waals surface area contributed by atoms with Crippen molar-refractivity contribution in [3.8, 4) is 0 Å². The van der Waals surface area contributed by atoms with Gasteiger partial charge in [-0.3, -0.25) is 4.79 Å². The topological polar surface area (TPSA) is 63.6 Å². The summed E-state index contributed by atoms with van der Waals surface area (Å²) in [6.45, 7) is 1.82. The maximum absolute atomic E-state index is 11.6. The number of carbonyl (C=O) groups is 2. The van der Waals surface area contributed by atoms with E-state index in [4.69, 9.17) is 4.74 Å². The fraction of sp³-hybridized carbons (Fsp3) is 0.500. The second kappa shape index (κ2) is 6.66. The van der Waals surface area contributed by atoms with Gasteiger partial charge in [-0.25, -0.2) is 4.79 Å². The molecule has 0 aromatic heterocycles. The van der Waals surface area contributed by atoms with Gasteiger partial charge in [0.2, 0.25) is 0 Å². The fourth-order valence-electron chi connectivity index (χ4n) is 2.66. The van der Waals surface area contributed by atoms with Crippen LogP contribution in [0.2, 0.25) is 0 Å². The molecule has 0 unspecified atom stereocenters. The Balaban J connectivity index is 2.19. The van der Waals surface area contributed by atoms with Gasteiger partial charge in [-0.05, 0) is 18.9 Å². The third kappa shape index (κ3) is 3.90. The van der Waals surface area contributed by atoms with E-state index in [2.05, 4.69) is 0 Å². The molecule has 1 aliphatic carbocycles. The first-order chi connectivity index (χ1) is 9.56. The van der Waals surface area contributed by atoms with Crippen LogP contribution in [0.5, 0.6) is 0 Å². The largest absolute Gasteiger partial charge is 0.459 e. The van der Waals surface area contributed by atoms with Crippen LogP contribution in [0.1, 0.15) is 26.2 Å². The van der Waals surface area contributed by atoms with Crippen molar-refractivity contribution in [2.24, 2.45) is 11.8 Å². The Morgan fingerprint density at radius 1 is 1.20 bits per heavy atom. The zero-order valence-electron chi connectivity index (χ0n) is 11.6. The van der Waals surface area contributed by atoms with E-state index in [-0.39, 0.29) is 23.7 Å². The van der Waals surface area contributed by atoms with Crippen molar-refractivity contribution < 1.29 is 19.4 Å². The number of ether oxygens (including phenoxy) is 1. The maximum atomic E-state index is 11.6. The summed E-state index contributed by atoms with van der Waals surface area (Å²) in [5.41, 5.74) is 0. The Labute approximate surface area is 118 Å². The van der Waals surface area contributed by atoms with Gasteiger partial charge < -0.3 is 9.84 Å². The van der Waals surface area contributed by atoms with Crippen LogP contribution in [-0.2, 0) is 14.3 Å². The van der Waals surface area contributed by atoms with Crippen molar-refractivity contribution in [2.75, 3.05) is 0 Å². The van der Waals surface area contributed by atoms with Crippen molar-refractivity contribution in [2.45, 2.75) is 38.4 Å². The van der Waals surface area contributed by atoms with Gasteiger partial charge in [-0.2, -0.15) is 0 Å². The molecule has 0 bridgehead atoms. The van der Waals surface area contributed by atoms with Crippen LogP contribution in [0.4, 0.5) is 0 Å². The van der Waals surface area contributed by atoms with Crippen LogP contribution in [0.3, 0.4) is 0 Å². The number of hydrogen-bond donors (Lipinski definition) is 1. The predicted molar refractivity (Wildman–Crippen MR) is 74.8 cm³/mol. The second-order valence-electron chi connectivity index (χ2n) is 5.42. The maximum Gasteiger partial charge on any atom is 0.330 e. The third-order valence-electron chi connectivity index (χ3n) is 3.74. The van der Waals surface area contributed by atoms with Gasteiger partial charge in [-0.15, -0.1) is 0 Å². The van der Waals surface area contributed by atoms with Crippen LogP contribution in [0, 0.1) is 11.8 Å². The summed E-state index contributed by atoms with van der Waals surface area (Å²) in [6, 6.07) is 0. The number of esters is 1. The molecule has 108 valence electrons. The van der Waals surface area contributed by atoms with Crippen molar-refractivity contribution >= 4 is 11.8 Å². The van der Waals surface area contributed by atoms with Crippen LogP contribution in [0.25, 0.3) is 0 Å². The van der Waals surface area contributed by atoms with Crippen LogP contribution >= 0.6 is 0 Å². The van der Waals surface area contributed by atoms with E-state index in [0.29, 0.717) is 19.3 Å². The normalized spacial score (nSPS) is 39.7. The summed E-state index contributed by atoms with van der Waals surface area (Å²) in [4.78, 5) is 23.1. The lowest BCUT2D eigenvalue weighted by atomic mass is 9.90. The molecule has 4 nitrogen and oxygen atoms in total. The van der Waals surface area contributed by atoms with Gasteiger partial charge in [0.05, 0.1) is 6.10 Å². The van der Waals surface area contributed by atoms with E-state index >= 15 is 0 Å². The SMILES string of the molecule is C[C@H]1C/C=C\C=C\[C@@H]2CC(=O)C[C@H]2[C@H](O)/C=C/C(=O)O1. The van der Waals surface area contributed by atoms with Crippen molar-refractivity contribution in [3.05, 3.63) is 36.5 Å². The summed E-state index contributed by atoms with van der Waals surface area (Å²) >= 11 is 0. The van der Waals surface area contributed by atoms with Crippen LogP contribution < -0.4 is 0 Å². The number of ketones is 1. The molecule has 2 aliphatic rings. The van der Waals surface area contributed by atoms with E-state index < -0.39 is 12.1 Å². The quantitative estimate of drug-likeness (QED) is 0.687. The fourth-order valence-corrected chi connectivity index (χ4v) is 2.66. The Morgan fingerprint density at radius 2 is 2.00 bits per heavy atom. The average molecular weight is 276 g/mol. The van der Waals surface area contributed by atoms with E-state index in [1.165, 1.54) is 12.2 Å². The molecule has 4 heteroatoms. The summed E-state index contributed by atoms with van der Waals surface area (Å²) in [5.74, 6) is -0.433. The van der Waals surface area contributed by atoms with Gasteiger partial charge in [0.25, 0.3) is 0 Å². The number of carbonyl (C=O) groups excluding carboxylic acids is 2. The predicted octanol–water partition coefficient (Wildman–Crippen LogP) is 1.95. The Kier molecular flexibility index (Phi) is 4.90. The minimum Gasteiger partial charge on any atom is -0.459 e. The Hall–Kier alpha value is -1.68. The molecule has 1 aliphatic heterocycles. The zero-order chi connectivity index (χ0) is 14.5. The van der Waals surface area contributed by atoms with Gasteiger partial charge in [0.1, 0.15) is 11.9 Å². The van der Waals surface area contributed by atoms with Gasteiger partial charge in [0.15, 0.2) is 0 Å². The standard InChI is InChI=1S/C16H20O4/c1-11-5-3-2-4-6-12-9-13(17)10-14(12)15(18)7-8-16(19)20-11/h2-4,6-8,11-12,14-15,18H,5,9-10H2,1H3/b3-2-,6-4+,8-7+/t11-,12+,14+,15+/m0/s1. The van der Waals surface area contributed by atoms with Crippen molar-refractivity contribution in [1.29, 1.82) is 0 Å². The Bertz CT molecular complexity index is 461. The number of Topliss-reactive ketones (excluding diaryl/α,β-unsaturated/α-hetero) is 1. The summed E-state index contributed by atoms with van der Waals surface area (Å²) in [5, 5.41) is 10.1. The highest BCUT2D eigenvalue weighted by Crippen LogP contribution is 2.33. The molecule has 0 aromatic carbocycles. The molecule has 2 rings (SSSR count). The number of allylic oxidation sites excluding steroid dienone is 3. The van der Waals surface area contributed by atoms with Crippen LogP contribution in [-0.4, -0.2) is 29.1 Å². The monoisotopic (exact) mass is 276 g/mol. The number of aliphatic hydroxyl groups excluding tert-OH is 1. The zero-order valence-corrected chi connectivity index (χ0v) is 11.6. The summed E-state index contributed by atoms with van der Waals surface area (Å²) in [7, 11) is 0. The highest BCUT2D eigenvalue weighted by Gasteiger charge is 2.35. The van der Waals surface area contributed by atoms with Gasteiger partial charge in [-0.1, -0.05) is 24.3 Å². The highest BCUT2D eigenvalue weighted by molar-refractivity contribution is 5.83. The van der Waals surface area contributed by atoms with Crippen molar-refractivity contribution in [1.82, 2.24) is 0 Å². The molecular weight excluding hydrogens is 256 g/mol. The highest BCUT2D eigenvalue weighted by atomic mass is 16.5. The van der Waals surface area contributed by atoms with Gasteiger partial charge in [0, 0.05) is 31.3 Å². The summed E-state index contributed by atoms with van der Waals surface area (Å²) < 4.78 is 5.17. The molecule has 1 saturated carbocycles. The number of aliphatic hydroxyl groups is 1. The lowest BCUT2D eigenvalue weighted by Crippen LogP contribution is -2.21. The molecule has 0 radical (unpaired) electrons. The number of rotatable bonds is 0. The molecule has 1 N–H and O–H groups in total. The molecular formula is C16H20O4. The van der Waals surface area contributed by atoms with Gasteiger partial charge >= 0.3 is 5.97 Å². The first-order valence-electron chi connectivity index (χ1n) is 6.98. The molecule has 1 fully saturated rings. The third-order valence-corrected chi connectivity index (χ3v) is 3.74. The number of cyclic esters (lactones) is 1. The molecule has 4 atom stereocenters. The average Bonchev–Trinajstić information content (AvgIpc) is 2.76. The van der Waals surface area contributed by atoms with E-state index in [9.17, 15) is 14.7 Å². The van der Waals surface area contributed by atoms with Crippen molar-refractivity contribution in [3.63, 3.8) is 0 Å². The molecule has 0 amide bonds. The summed E-state index contributed by atoms with van der Waals surface area (Å²) in [6.07, 6.45) is 10.8. The first kappa shape index (κ1) is 14.7. The number of hydrogen-bond acceptors (Lipinski definition) is 4. The lowest BCUT2D eigenvalue weighted by Gasteiger charge is -2.19. The van der Waals surface area contributed by atoms with E-state index in [1.807, 2.05) is 31.2 Å². The number of fused-ring (bicyclic) bond motifs is 1. The molecule has 0 aromatic rings. The minimum atomic E-state index is -0.802. The second-order valence-corrected chi connectivity index (χ2v) is 5.42.